The summed E-state index contributed by atoms with van der Waals surface area (Å²) in [6.07, 6.45) is 1.75. The molecular formula is C13H15N3O. The van der Waals surface area contributed by atoms with Crippen molar-refractivity contribution in [1.82, 2.24) is 9.97 Å². The van der Waals surface area contributed by atoms with Crippen LogP contribution >= 0.6 is 0 Å². The van der Waals surface area contributed by atoms with Crippen LogP contribution < -0.4 is 10.5 Å². The van der Waals surface area contributed by atoms with E-state index in [1.54, 1.807) is 6.20 Å². The fourth-order valence-electron chi connectivity index (χ4n) is 1.51. The predicted octanol–water partition coefficient (Wildman–Crippen LogP) is 1.82. The Labute approximate surface area is 100 Å². The van der Waals surface area contributed by atoms with Gasteiger partial charge in [-0.25, -0.2) is 0 Å². The Morgan fingerprint density at radius 2 is 2.12 bits per heavy atom. The second-order valence-corrected chi connectivity index (χ2v) is 3.71. The Balaban J connectivity index is 2.09. The van der Waals surface area contributed by atoms with E-state index in [4.69, 9.17) is 10.5 Å². The first kappa shape index (κ1) is 11.5. The van der Waals surface area contributed by atoms with Crippen molar-refractivity contribution in [2.75, 3.05) is 0 Å². The monoisotopic (exact) mass is 229 g/mol. The average molecular weight is 229 g/mol. The molecule has 0 unspecified atom stereocenters. The van der Waals surface area contributed by atoms with E-state index < -0.39 is 0 Å². The Kier molecular flexibility index (Phi) is 3.67. The van der Waals surface area contributed by atoms with Crippen molar-refractivity contribution in [3.8, 4) is 5.75 Å². The molecule has 4 heteroatoms. The van der Waals surface area contributed by atoms with Crippen molar-refractivity contribution >= 4 is 0 Å². The minimum Gasteiger partial charge on any atom is -0.485 e. The first-order valence-corrected chi connectivity index (χ1v) is 5.49. The third kappa shape index (κ3) is 3.01. The van der Waals surface area contributed by atoms with Gasteiger partial charge in [0.1, 0.15) is 12.4 Å². The second kappa shape index (κ2) is 5.41. The molecule has 2 N–H and O–H groups in total. The molecule has 0 atom stereocenters. The molecular weight excluding hydrogens is 214 g/mol. The summed E-state index contributed by atoms with van der Waals surface area (Å²) >= 11 is 0. The van der Waals surface area contributed by atoms with E-state index in [-0.39, 0.29) is 0 Å². The zero-order valence-corrected chi connectivity index (χ0v) is 9.76. The van der Waals surface area contributed by atoms with Crippen LogP contribution in [0.25, 0.3) is 0 Å². The van der Waals surface area contributed by atoms with Gasteiger partial charge in [-0.2, -0.15) is 0 Å². The number of hydrogen-bond donors (Lipinski definition) is 1. The van der Waals surface area contributed by atoms with E-state index in [9.17, 15) is 0 Å². The van der Waals surface area contributed by atoms with Crippen LogP contribution in [0.15, 0.2) is 36.5 Å². The summed E-state index contributed by atoms with van der Waals surface area (Å²) in [5.41, 5.74) is 8.23. The van der Waals surface area contributed by atoms with Crippen LogP contribution in [-0.4, -0.2) is 9.97 Å². The molecule has 0 amide bonds. The van der Waals surface area contributed by atoms with Crippen LogP contribution in [-0.2, 0) is 13.2 Å². The number of rotatable bonds is 4. The molecule has 0 saturated heterocycles. The van der Waals surface area contributed by atoms with Gasteiger partial charge in [0.25, 0.3) is 0 Å². The molecule has 2 aromatic rings. The lowest BCUT2D eigenvalue weighted by atomic mass is 10.3. The first-order chi connectivity index (χ1) is 8.29. The molecule has 0 spiro atoms. The van der Waals surface area contributed by atoms with E-state index in [0.717, 1.165) is 22.8 Å². The summed E-state index contributed by atoms with van der Waals surface area (Å²) in [5, 5.41) is 0. The molecule has 2 heterocycles. The molecule has 0 aliphatic heterocycles. The van der Waals surface area contributed by atoms with Crippen LogP contribution in [0.5, 0.6) is 5.75 Å². The summed E-state index contributed by atoms with van der Waals surface area (Å²) in [6, 6.07) is 9.54. The van der Waals surface area contributed by atoms with Crippen molar-refractivity contribution in [3.05, 3.63) is 53.6 Å². The van der Waals surface area contributed by atoms with Gasteiger partial charge in [-0.1, -0.05) is 6.07 Å². The Bertz CT molecular complexity index is 485. The van der Waals surface area contributed by atoms with Gasteiger partial charge in [0.15, 0.2) is 0 Å². The Hall–Kier alpha value is -1.94. The summed E-state index contributed by atoms with van der Waals surface area (Å²) in [4.78, 5) is 8.52. The maximum Gasteiger partial charge on any atom is 0.142 e. The van der Waals surface area contributed by atoms with Crippen LogP contribution in [0.1, 0.15) is 17.1 Å². The SMILES string of the molecule is Cc1ccc(OCc2ccccn2)c(CN)n1. The predicted molar refractivity (Wildman–Crippen MR) is 65.4 cm³/mol. The van der Waals surface area contributed by atoms with E-state index >= 15 is 0 Å². The first-order valence-electron chi connectivity index (χ1n) is 5.49. The van der Waals surface area contributed by atoms with Crippen LogP contribution in [0.4, 0.5) is 0 Å². The van der Waals surface area contributed by atoms with Gasteiger partial charge in [0.2, 0.25) is 0 Å². The molecule has 2 aromatic heterocycles. The highest BCUT2D eigenvalue weighted by atomic mass is 16.5. The molecule has 0 bridgehead atoms. The Morgan fingerprint density at radius 1 is 1.24 bits per heavy atom. The number of ether oxygens (including phenoxy) is 1. The fraction of sp³-hybridized carbons (Fsp3) is 0.231. The third-order valence-electron chi connectivity index (χ3n) is 2.37. The quantitative estimate of drug-likeness (QED) is 0.868. The lowest BCUT2D eigenvalue weighted by Gasteiger charge is -2.09. The second-order valence-electron chi connectivity index (χ2n) is 3.71. The normalized spacial score (nSPS) is 10.2. The van der Waals surface area contributed by atoms with Crippen LogP contribution in [0, 0.1) is 6.92 Å². The Morgan fingerprint density at radius 3 is 2.82 bits per heavy atom. The van der Waals surface area contributed by atoms with E-state index in [2.05, 4.69) is 9.97 Å². The van der Waals surface area contributed by atoms with Gasteiger partial charge in [0, 0.05) is 18.4 Å². The molecule has 0 aromatic carbocycles. The number of hydrogen-bond acceptors (Lipinski definition) is 4. The van der Waals surface area contributed by atoms with Crippen molar-refractivity contribution in [2.45, 2.75) is 20.1 Å². The number of aryl methyl sites for hydroxylation is 1. The molecule has 0 fully saturated rings. The van der Waals surface area contributed by atoms with E-state index in [1.807, 2.05) is 37.3 Å². The maximum absolute atomic E-state index is 5.66. The smallest absolute Gasteiger partial charge is 0.142 e. The summed E-state index contributed by atoms with van der Waals surface area (Å²) in [6.45, 7) is 2.74. The number of pyridine rings is 2. The molecule has 0 saturated carbocycles. The number of aromatic nitrogens is 2. The van der Waals surface area contributed by atoms with Gasteiger partial charge < -0.3 is 10.5 Å². The highest BCUT2D eigenvalue weighted by molar-refractivity contribution is 5.29. The minimum atomic E-state index is 0.374. The number of nitrogens with two attached hydrogens (primary N) is 1. The van der Waals surface area contributed by atoms with Crippen LogP contribution in [0.2, 0.25) is 0 Å². The summed E-state index contributed by atoms with van der Waals surface area (Å²) < 4.78 is 5.66. The summed E-state index contributed by atoms with van der Waals surface area (Å²) in [5.74, 6) is 0.726. The van der Waals surface area contributed by atoms with Crippen molar-refractivity contribution in [2.24, 2.45) is 5.73 Å². The zero-order valence-electron chi connectivity index (χ0n) is 9.76. The van der Waals surface area contributed by atoms with E-state index in [1.165, 1.54) is 0 Å². The fourth-order valence-corrected chi connectivity index (χ4v) is 1.51. The summed E-state index contributed by atoms with van der Waals surface area (Å²) in [7, 11) is 0. The molecule has 0 radical (unpaired) electrons. The topological polar surface area (TPSA) is 61.0 Å². The lowest BCUT2D eigenvalue weighted by molar-refractivity contribution is 0.296. The maximum atomic E-state index is 5.66. The highest BCUT2D eigenvalue weighted by Gasteiger charge is 2.04. The van der Waals surface area contributed by atoms with Crippen LogP contribution in [0.3, 0.4) is 0 Å². The van der Waals surface area contributed by atoms with Crippen molar-refractivity contribution < 1.29 is 4.74 Å². The molecule has 0 aliphatic carbocycles. The molecule has 88 valence electrons. The average Bonchev–Trinajstić information content (AvgIpc) is 2.38. The highest BCUT2D eigenvalue weighted by Crippen LogP contribution is 2.17. The third-order valence-corrected chi connectivity index (χ3v) is 2.37. The minimum absolute atomic E-state index is 0.374. The van der Waals surface area contributed by atoms with Gasteiger partial charge in [-0.3, -0.25) is 9.97 Å². The molecule has 0 aliphatic rings. The van der Waals surface area contributed by atoms with Gasteiger partial charge in [0.05, 0.1) is 11.4 Å². The van der Waals surface area contributed by atoms with Gasteiger partial charge in [-0.05, 0) is 31.2 Å². The molecule has 17 heavy (non-hydrogen) atoms. The number of nitrogens with zero attached hydrogens (tertiary/aromatic N) is 2. The zero-order chi connectivity index (χ0) is 12.1. The molecule has 2 rings (SSSR count). The van der Waals surface area contributed by atoms with Gasteiger partial charge in [-0.15, -0.1) is 0 Å². The lowest BCUT2D eigenvalue weighted by Crippen LogP contribution is -2.06. The van der Waals surface area contributed by atoms with E-state index in [0.29, 0.717) is 13.2 Å². The standard InChI is InChI=1S/C13H15N3O/c1-10-5-6-13(12(8-14)16-10)17-9-11-4-2-3-7-15-11/h2-7H,8-9,14H2,1H3. The largest absolute Gasteiger partial charge is 0.485 e. The molecule has 4 nitrogen and oxygen atoms in total. The van der Waals surface area contributed by atoms with Crippen molar-refractivity contribution in [1.29, 1.82) is 0 Å². The van der Waals surface area contributed by atoms with Crippen molar-refractivity contribution in [3.63, 3.8) is 0 Å². The van der Waals surface area contributed by atoms with Gasteiger partial charge >= 0.3 is 0 Å².